The van der Waals surface area contributed by atoms with Crippen LogP contribution in [0.4, 0.5) is 0 Å². The first-order chi connectivity index (χ1) is 7.09. The fraction of sp³-hybridized carbons (Fsp3) is 0.500. The van der Waals surface area contributed by atoms with Crippen LogP contribution in [0.15, 0.2) is 22.7 Å². The van der Waals surface area contributed by atoms with Crippen LogP contribution in [0.1, 0.15) is 24.1 Å². The zero-order chi connectivity index (χ0) is 11.0. The molecule has 0 saturated heterocycles. The molecule has 1 aliphatic heterocycles. The van der Waals surface area contributed by atoms with E-state index in [1.165, 1.54) is 11.1 Å². The summed E-state index contributed by atoms with van der Waals surface area (Å²) in [6, 6.07) is 7.06. The van der Waals surface area contributed by atoms with Gasteiger partial charge in [-0.05, 0) is 43.7 Å². The highest BCUT2D eigenvalue weighted by molar-refractivity contribution is 9.10. The van der Waals surface area contributed by atoms with Crippen molar-refractivity contribution in [2.45, 2.75) is 25.4 Å². The van der Waals surface area contributed by atoms with Crippen LogP contribution in [0.2, 0.25) is 0 Å². The van der Waals surface area contributed by atoms with Gasteiger partial charge in [-0.1, -0.05) is 22.0 Å². The minimum Gasteiger partial charge on any atom is -0.326 e. The smallest absolute Gasteiger partial charge is 0.0496 e. The first kappa shape index (κ1) is 11.1. The molecule has 2 N–H and O–H groups in total. The highest BCUT2D eigenvalue weighted by Crippen LogP contribution is 2.31. The van der Waals surface area contributed by atoms with Crippen molar-refractivity contribution in [1.82, 2.24) is 4.90 Å². The molecule has 15 heavy (non-hydrogen) atoms. The third kappa shape index (κ3) is 2.10. The van der Waals surface area contributed by atoms with E-state index in [0.717, 1.165) is 17.4 Å². The molecule has 0 spiro atoms. The summed E-state index contributed by atoms with van der Waals surface area (Å²) in [5.41, 5.74) is 8.88. The van der Waals surface area contributed by atoms with Crippen molar-refractivity contribution in [2.24, 2.45) is 5.73 Å². The summed E-state index contributed by atoms with van der Waals surface area (Å²) in [6.45, 7) is 3.17. The molecule has 0 saturated carbocycles. The summed E-state index contributed by atoms with van der Waals surface area (Å²) >= 11 is 3.52. The predicted octanol–water partition coefficient (Wildman–Crippen LogP) is 2.33. The van der Waals surface area contributed by atoms with Crippen LogP contribution in [-0.2, 0) is 6.42 Å². The SMILES string of the molecule is CC(N)C1c2ccc(Br)cc2CCN1C. The molecule has 82 valence electrons. The van der Waals surface area contributed by atoms with Crippen LogP contribution < -0.4 is 5.73 Å². The van der Waals surface area contributed by atoms with Gasteiger partial charge < -0.3 is 5.73 Å². The van der Waals surface area contributed by atoms with E-state index in [4.69, 9.17) is 5.73 Å². The van der Waals surface area contributed by atoms with Gasteiger partial charge in [0, 0.05) is 23.1 Å². The Labute approximate surface area is 99.6 Å². The Balaban J connectivity index is 2.43. The van der Waals surface area contributed by atoms with Gasteiger partial charge in [-0.25, -0.2) is 0 Å². The fourth-order valence-electron chi connectivity index (χ4n) is 2.44. The number of hydrogen-bond donors (Lipinski definition) is 1. The molecular weight excluding hydrogens is 252 g/mol. The molecule has 0 bridgehead atoms. The molecule has 0 aliphatic carbocycles. The van der Waals surface area contributed by atoms with Crippen LogP contribution in [0.25, 0.3) is 0 Å². The quantitative estimate of drug-likeness (QED) is 0.847. The fourth-order valence-corrected chi connectivity index (χ4v) is 2.85. The van der Waals surface area contributed by atoms with Crippen molar-refractivity contribution in [2.75, 3.05) is 13.6 Å². The average molecular weight is 269 g/mol. The molecular formula is C12H17BrN2. The molecule has 0 amide bonds. The molecule has 1 heterocycles. The number of likely N-dealkylation sites (N-methyl/N-ethyl adjacent to an activating group) is 1. The zero-order valence-electron chi connectivity index (χ0n) is 9.20. The molecule has 2 nitrogen and oxygen atoms in total. The largest absolute Gasteiger partial charge is 0.326 e. The van der Waals surface area contributed by atoms with Crippen molar-refractivity contribution in [1.29, 1.82) is 0 Å². The molecule has 1 aromatic carbocycles. The number of halogens is 1. The zero-order valence-corrected chi connectivity index (χ0v) is 10.8. The third-order valence-electron chi connectivity index (χ3n) is 3.13. The van der Waals surface area contributed by atoms with Crippen molar-refractivity contribution in [3.05, 3.63) is 33.8 Å². The number of benzene rings is 1. The van der Waals surface area contributed by atoms with Crippen LogP contribution in [-0.4, -0.2) is 24.5 Å². The number of hydrogen-bond acceptors (Lipinski definition) is 2. The van der Waals surface area contributed by atoms with Crippen LogP contribution >= 0.6 is 15.9 Å². The minimum absolute atomic E-state index is 0.176. The van der Waals surface area contributed by atoms with Gasteiger partial charge in [0.1, 0.15) is 0 Å². The van der Waals surface area contributed by atoms with Crippen molar-refractivity contribution in [3.8, 4) is 0 Å². The number of fused-ring (bicyclic) bond motifs is 1. The lowest BCUT2D eigenvalue weighted by molar-refractivity contribution is 0.206. The Morgan fingerprint density at radius 3 is 2.93 bits per heavy atom. The summed E-state index contributed by atoms with van der Waals surface area (Å²) in [5, 5.41) is 0. The first-order valence-electron chi connectivity index (χ1n) is 5.33. The van der Waals surface area contributed by atoms with E-state index in [0.29, 0.717) is 6.04 Å². The molecule has 0 fully saturated rings. The lowest BCUT2D eigenvalue weighted by Gasteiger charge is -2.37. The molecule has 2 atom stereocenters. The van der Waals surface area contributed by atoms with Crippen molar-refractivity contribution in [3.63, 3.8) is 0 Å². The molecule has 2 rings (SSSR count). The van der Waals surface area contributed by atoms with Crippen molar-refractivity contribution >= 4 is 15.9 Å². The molecule has 1 aliphatic rings. The predicted molar refractivity (Wildman–Crippen MR) is 66.9 cm³/mol. The Hall–Kier alpha value is -0.380. The van der Waals surface area contributed by atoms with E-state index in [2.05, 4.69) is 53.0 Å². The Morgan fingerprint density at radius 2 is 2.27 bits per heavy atom. The summed E-state index contributed by atoms with van der Waals surface area (Å²) in [6.07, 6.45) is 1.12. The lowest BCUT2D eigenvalue weighted by atomic mass is 9.89. The molecule has 1 aromatic rings. The van der Waals surface area contributed by atoms with E-state index >= 15 is 0 Å². The van der Waals surface area contributed by atoms with E-state index < -0.39 is 0 Å². The van der Waals surface area contributed by atoms with E-state index in [1.807, 2.05) is 0 Å². The Morgan fingerprint density at radius 1 is 1.53 bits per heavy atom. The minimum atomic E-state index is 0.176. The van der Waals surface area contributed by atoms with Gasteiger partial charge in [0.2, 0.25) is 0 Å². The summed E-state index contributed by atoms with van der Waals surface area (Å²) in [4.78, 5) is 2.35. The molecule has 3 heteroatoms. The first-order valence-corrected chi connectivity index (χ1v) is 6.13. The van der Waals surface area contributed by atoms with E-state index in [-0.39, 0.29) is 6.04 Å². The molecule has 0 aromatic heterocycles. The van der Waals surface area contributed by atoms with Gasteiger partial charge in [0.05, 0.1) is 0 Å². The number of nitrogens with zero attached hydrogens (tertiary/aromatic N) is 1. The van der Waals surface area contributed by atoms with Gasteiger partial charge in [-0.15, -0.1) is 0 Å². The lowest BCUT2D eigenvalue weighted by Crippen LogP contribution is -2.41. The number of rotatable bonds is 1. The Bertz CT molecular complexity index is 363. The number of nitrogens with two attached hydrogens (primary N) is 1. The maximum absolute atomic E-state index is 6.06. The second-order valence-electron chi connectivity index (χ2n) is 4.38. The van der Waals surface area contributed by atoms with Crippen LogP contribution in [0.3, 0.4) is 0 Å². The van der Waals surface area contributed by atoms with E-state index in [9.17, 15) is 0 Å². The topological polar surface area (TPSA) is 29.3 Å². The highest BCUT2D eigenvalue weighted by Gasteiger charge is 2.27. The normalized spacial score (nSPS) is 23.6. The maximum Gasteiger partial charge on any atom is 0.0496 e. The second kappa shape index (κ2) is 4.24. The van der Waals surface area contributed by atoms with Crippen LogP contribution in [0, 0.1) is 0 Å². The highest BCUT2D eigenvalue weighted by atomic mass is 79.9. The van der Waals surface area contributed by atoms with Gasteiger partial charge in [0.25, 0.3) is 0 Å². The average Bonchev–Trinajstić information content (AvgIpc) is 2.17. The monoisotopic (exact) mass is 268 g/mol. The molecule has 2 unspecified atom stereocenters. The molecule has 0 radical (unpaired) electrons. The summed E-state index contributed by atoms with van der Waals surface area (Å²) < 4.78 is 1.16. The van der Waals surface area contributed by atoms with Gasteiger partial charge in [-0.2, -0.15) is 0 Å². The third-order valence-corrected chi connectivity index (χ3v) is 3.62. The van der Waals surface area contributed by atoms with Gasteiger partial charge in [0.15, 0.2) is 0 Å². The van der Waals surface area contributed by atoms with Gasteiger partial charge >= 0.3 is 0 Å². The second-order valence-corrected chi connectivity index (χ2v) is 5.29. The maximum atomic E-state index is 6.06. The van der Waals surface area contributed by atoms with Crippen LogP contribution in [0.5, 0.6) is 0 Å². The van der Waals surface area contributed by atoms with Gasteiger partial charge in [-0.3, -0.25) is 4.90 Å². The Kier molecular flexibility index (Phi) is 3.14. The summed E-state index contributed by atoms with van der Waals surface area (Å²) in [7, 11) is 2.15. The van der Waals surface area contributed by atoms with E-state index in [1.54, 1.807) is 0 Å². The standard InChI is InChI=1S/C12H17BrN2/c1-8(14)12-11-4-3-10(13)7-9(11)5-6-15(12)2/h3-4,7-8,12H,5-6,14H2,1-2H3. The van der Waals surface area contributed by atoms with Crippen molar-refractivity contribution < 1.29 is 0 Å². The summed E-state index contributed by atoms with van der Waals surface area (Å²) in [5.74, 6) is 0.